The molecule has 2 aromatic rings. The Morgan fingerprint density at radius 2 is 2.06 bits per heavy atom. The van der Waals surface area contributed by atoms with Crippen molar-refractivity contribution in [3.63, 3.8) is 0 Å². The van der Waals surface area contributed by atoms with Gasteiger partial charge < -0.3 is 15.1 Å². The Morgan fingerprint density at radius 3 is 2.71 bits per heavy atom. The van der Waals surface area contributed by atoms with Gasteiger partial charge in [-0.2, -0.15) is 0 Å². The summed E-state index contributed by atoms with van der Waals surface area (Å²) in [6.07, 6.45) is 9.14. The molecule has 1 saturated carbocycles. The Morgan fingerprint density at radius 1 is 1.26 bits per heavy atom. The summed E-state index contributed by atoms with van der Waals surface area (Å²) in [6.45, 7) is 5.99. The zero-order valence-corrected chi connectivity index (χ0v) is 18.6. The summed E-state index contributed by atoms with van der Waals surface area (Å²) in [5.41, 5.74) is 2.66. The van der Waals surface area contributed by atoms with E-state index in [1.54, 1.807) is 12.4 Å². The minimum absolute atomic E-state index is 0.0274. The molecular formula is C24H31N5O2. The molecule has 3 heterocycles. The predicted octanol–water partition coefficient (Wildman–Crippen LogP) is 3.26. The van der Waals surface area contributed by atoms with E-state index in [0.29, 0.717) is 25.2 Å². The number of carbonyl (C=O) groups excluding carboxylic acids is 2. The van der Waals surface area contributed by atoms with Crippen LogP contribution in [-0.2, 0) is 11.3 Å². The molecule has 0 aromatic carbocycles. The first-order valence-corrected chi connectivity index (χ1v) is 11.0. The number of nitrogens with one attached hydrogen (secondary N) is 1. The van der Waals surface area contributed by atoms with Gasteiger partial charge in [0, 0.05) is 50.7 Å². The zero-order valence-electron chi connectivity index (χ0n) is 18.6. The fourth-order valence-electron chi connectivity index (χ4n) is 4.43. The van der Waals surface area contributed by atoms with E-state index in [0.717, 1.165) is 37.1 Å². The van der Waals surface area contributed by atoms with Gasteiger partial charge in [-0.05, 0) is 55.5 Å². The zero-order chi connectivity index (χ0) is 22.0. The first-order chi connectivity index (χ1) is 14.9. The maximum absolute atomic E-state index is 12.9. The van der Waals surface area contributed by atoms with E-state index in [1.807, 2.05) is 41.2 Å². The third-order valence-electron chi connectivity index (χ3n) is 6.91. The Labute approximate surface area is 183 Å². The fourth-order valence-corrected chi connectivity index (χ4v) is 4.43. The van der Waals surface area contributed by atoms with Crippen molar-refractivity contribution in [3.05, 3.63) is 53.5 Å². The van der Waals surface area contributed by atoms with Gasteiger partial charge in [0.05, 0.1) is 11.6 Å². The Balaban J connectivity index is 1.32. The molecule has 4 rings (SSSR count). The third-order valence-corrected chi connectivity index (χ3v) is 6.91. The standard InChI is InChI=1S/C24H31N5O2/c1-17-7-11-25-13-19(17)15-27-21-6-5-18(14-26-21)22(30)29-12-8-20(16-29)28(3)23(31)24(2)9-4-10-24/h5-7,11,13-14,20H,4,8-10,12,15-16H2,1-3H3,(H,26,27)/t20-/m0/s1. The lowest BCUT2D eigenvalue weighted by Gasteiger charge is -2.41. The lowest BCUT2D eigenvalue weighted by atomic mass is 9.69. The minimum atomic E-state index is -0.201. The minimum Gasteiger partial charge on any atom is -0.366 e. The Bertz CT molecular complexity index is 955. The molecule has 0 bridgehead atoms. The lowest BCUT2D eigenvalue weighted by molar-refractivity contribution is -0.146. The van der Waals surface area contributed by atoms with E-state index in [1.165, 1.54) is 5.56 Å². The van der Waals surface area contributed by atoms with Crippen LogP contribution in [0, 0.1) is 12.3 Å². The predicted molar refractivity (Wildman–Crippen MR) is 120 cm³/mol. The van der Waals surface area contributed by atoms with Crippen LogP contribution in [0.5, 0.6) is 0 Å². The van der Waals surface area contributed by atoms with Crippen molar-refractivity contribution in [1.82, 2.24) is 19.8 Å². The highest BCUT2D eigenvalue weighted by molar-refractivity contribution is 5.94. The molecule has 1 atom stereocenters. The van der Waals surface area contributed by atoms with Crippen LogP contribution in [0.15, 0.2) is 36.8 Å². The number of rotatable bonds is 6. The number of likely N-dealkylation sites (tertiary alicyclic amines) is 1. The molecular weight excluding hydrogens is 390 g/mol. The topological polar surface area (TPSA) is 78.4 Å². The van der Waals surface area contributed by atoms with Crippen LogP contribution < -0.4 is 5.32 Å². The van der Waals surface area contributed by atoms with E-state index in [2.05, 4.69) is 29.1 Å². The summed E-state index contributed by atoms with van der Waals surface area (Å²) in [5.74, 6) is 0.914. The van der Waals surface area contributed by atoms with Crippen LogP contribution in [0.4, 0.5) is 5.82 Å². The monoisotopic (exact) mass is 421 g/mol. The van der Waals surface area contributed by atoms with Gasteiger partial charge in [0.25, 0.3) is 5.91 Å². The summed E-state index contributed by atoms with van der Waals surface area (Å²) in [6, 6.07) is 5.71. The van der Waals surface area contributed by atoms with Crippen molar-refractivity contribution in [2.75, 3.05) is 25.5 Å². The van der Waals surface area contributed by atoms with Crippen LogP contribution in [0.3, 0.4) is 0 Å². The molecule has 2 aliphatic rings. The molecule has 0 spiro atoms. The lowest BCUT2D eigenvalue weighted by Crippen LogP contribution is -2.49. The van der Waals surface area contributed by atoms with Crippen LogP contribution in [0.2, 0.25) is 0 Å². The average molecular weight is 422 g/mol. The van der Waals surface area contributed by atoms with Crippen molar-refractivity contribution in [2.24, 2.45) is 5.41 Å². The number of pyridine rings is 2. The number of amides is 2. The SMILES string of the molecule is Cc1ccncc1CNc1ccc(C(=O)N2CC[C@H](N(C)C(=O)C3(C)CCC3)C2)cn1. The van der Waals surface area contributed by atoms with E-state index < -0.39 is 0 Å². The number of anilines is 1. The maximum atomic E-state index is 12.9. The van der Waals surface area contributed by atoms with Crippen molar-refractivity contribution < 1.29 is 9.59 Å². The van der Waals surface area contributed by atoms with Gasteiger partial charge in [0.15, 0.2) is 0 Å². The van der Waals surface area contributed by atoms with Crippen LogP contribution in [-0.4, -0.2) is 57.8 Å². The van der Waals surface area contributed by atoms with E-state index >= 15 is 0 Å². The Kier molecular flexibility index (Phi) is 5.94. The molecule has 2 aromatic heterocycles. The summed E-state index contributed by atoms with van der Waals surface area (Å²) in [7, 11) is 1.89. The fraction of sp³-hybridized carbons (Fsp3) is 0.500. The summed E-state index contributed by atoms with van der Waals surface area (Å²) in [4.78, 5) is 38.0. The molecule has 2 fully saturated rings. The third kappa shape index (κ3) is 4.40. The van der Waals surface area contributed by atoms with Crippen molar-refractivity contribution in [3.8, 4) is 0 Å². The normalized spacial score (nSPS) is 19.6. The van der Waals surface area contributed by atoms with Gasteiger partial charge in [-0.1, -0.05) is 13.3 Å². The Hall–Kier alpha value is -2.96. The number of hydrogen-bond acceptors (Lipinski definition) is 5. The van der Waals surface area contributed by atoms with Gasteiger partial charge in [-0.3, -0.25) is 14.6 Å². The van der Waals surface area contributed by atoms with Crippen LogP contribution in [0.25, 0.3) is 0 Å². The molecule has 0 radical (unpaired) electrons. The van der Waals surface area contributed by atoms with Crippen molar-refractivity contribution >= 4 is 17.6 Å². The van der Waals surface area contributed by atoms with E-state index in [9.17, 15) is 9.59 Å². The maximum Gasteiger partial charge on any atom is 0.255 e. The highest BCUT2D eigenvalue weighted by Crippen LogP contribution is 2.42. The summed E-state index contributed by atoms with van der Waals surface area (Å²) < 4.78 is 0. The quantitative estimate of drug-likeness (QED) is 0.775. The second-order valence-electron chi connectivity index (χ2n) is 9.11. The van der Waals surface area contributed by atoms with Crippen LogP contribution >= 0.6 is 0 Å². The number of carbonyl (C=O) groups is 2. The van der Waals surface area contributed by atoms with E-state index in [-0.39, 0.29) is 23.3 Å². The van der Waals surface area contributed by atoms with Gasteiger partial charge >= 0.3 is 0 Å². The molecule has 1 N–H and O–H groups in total. The second-order valence-corrected chi connectivity index (χ2v) is 9.11. The second kappa shape index (κ2) is 8.65. The molecule has 31 heavy (non-hydrogen) atoms. The number of aryl methyl sites for hydroxylation is 1. The van der Waals surface area contributed by atoms with Crippen molar-refractivity contribution in [1.29, 1.82) is 0 Å². The number of likely N-dealkylation sites (N-methyl/N-ethyl adjacent to an activating group) is 1. The van der Waals surface area contributed by atoms with Crippen LogP contribution in [0.1, 0.15) is 54.1 Å². The largest absolute Gasteiger partial charge is 0.366 e. The summed E-state index contributed by atoms with van der Waals surface area (Å²) >= 11 is 0. The number of hydrogen-bond donors (Lipinski definition) is 1. The van der Waals surface area contributed by atoms with Gasteiger partial charge in [-0.25, -0.2) is 4.98 Å². The molecule has 1 aliphatic carbocycles. The highest BCUT2D eigenvalue weighted by Gasteiger charge is 2.43. The first kappa shape index (κ1) is 21.3. The molecule has 7 heteroatoms. The molecule has 164 valence electrons. The number of aromatic nitrogens is 2. The molecule has 1 aliphatic heterocycles. The van der Waals surface area contributed by atoms with Gasteiger partial charge in [0.1, 0.15) is 5.82 Å². The average Bonchev–Trinajstić information content (AvgIpc) is 3.26. The molecule has 0 unspecified atom stereocenters. The van der Waals surface area contributed by atoms with E-state index in [4.69, 9.17) is 0 Å². The first-order valence-electron chi connectivity index (χ1n) is 11.0. The molecule has 7 nitrogen and oxygen atoms in total. The highest BCUT2D eigenvalue weighted by atomic mass is 16.2. The molecule has 2 amide bonds. The van der Waals surface area contributed by atoms with Crippen molar-refractivity contribution in [2.45, 2.75) is 52.1 Å². The smallest absolute Gasteiger partial charge is 0.255 e. The summed E-state index contributed by atoms with van der Waals surface area (Å²) in [5, 5.41) is 3.28. The van der Waals surface area contributed by atoms with Gasteiger partial charge in [0.2, 0.25) is 5.91 Å². The number of nitrogens with zero attached hydrogens (tertiary/aromatic N) is 4. The molecule has 1 saturated heterocycles. The van der Waals surface area contributed by atoms with Gasteiger partial charge in [-0.15, -0.1) is 0 Å².